The van der Waals surface area contributed by atoms with Crippen molar-refractivity contribution in [3.63, 3.8) is 0 Å². The van der Waals surface area contributed by atoms with Gasteiger partial charge in [0.2, 0.25) is 5.91 Å². The molecule has 192 valence electrons. The summed E-state index contributed by atoms with van der Waals surface area (Å²) in [5.41, 5.74) is 7.93. The second-order valence-corrected chi connectivity index (χ2v) is 8.79. The molecule has 2 aromatic rings. The zero-order valence-electron chi connectivity index (χ0n) is 20.0. The van der Waals surface area contributed by atoms with Crippen LogP contribution in [0.3, 0.4) is 0 Å². The highest BCUT2D eigenvalue weighted by Crippen LogP contribution is 2.27. The Kier molecular flexibility index (Phi) is 9.15. The van der Waals surface area contributed by atoms with E-state index < -0.39 is 54.6 Å². The molecule has 4 atom stereocenters. The van der Waals surface area contributed by atoms with Crippen molar-refractivity contribution in [2.75, 3.05) is 11.4 Å². The zero-order valence-corrected chi connectivity index (χ0v) is 20.0. The van der Waals surface area contributed by atoms with Gasteiger partial charge in [-0.2, -0.15) is 0 Å². The molecule has 0 fully saturated rings. The highest BCUT2D eigenvalue weighted by molar-refractivity contribution is 6.02. The Morgan fingerprint density at radius 3 is 2.44 bits per heavy atom. The van der Waals surface area contributed by atoms with Crippen molar-refractivity contribution in [2.45, 2.75) is 56.8 Å². The molecule has 1 aliphatic rings. The van der Waals surface area contributed by atoms with Gasteiger partial charge in [-0.25, -0.2) is 0 Å². The summed E-state index contributed by atoms with van der Waals surface area (Å²) in [5, 5.41) is 21.6. The average molecular weight is 498 g/mol. The maximum Gasteiger partial charge on any atom is 0.324 e. The summed E-state index contributed by atoms with van der Waals surface area (Å²) < 4.78 is 5.36. The van der Waals surface area contributed by atoms with E-state index in [-0.39, 0.29) is 6.42 Å². The first-order chi connectivity index (χ1) is 17.2. The van der Waals surface area contributed by atoms with Crippen LogP contribution in [0.25, 0.3) is 0 Å². The second kappa shape index (κ2) is 12.3. The molecule has 0 radical (unpaired) electrons. The van der Waals surface area contributed by atoms with Crippen molar-refractivity contribution < 1.29 is 34.1 Å². The van der Waals surface area contributed by atoms with E-state index in [1.807, 2.05) is 42.5 Å². The predicted molar refractivity (Wildman–Crippen MR) is 131 cm³/mol. The van der Waals surface area contributed by atoms with Gasteiger partial charge in [-0.3, -0.25) is 29.4 Å². The summed E-state index contributed by atoms with van der Waals surface area (Å²) in [5.74, 6) is -3.65. The molecule has 0 saturated carbocycles. The molecule has 10 heteroatoms. The van der Waals surface area contributed by atoms with Crippen molar-refractivity contribution in [3.8, 4) is 0 Å². The molecule has 36 heavy (non-hydrogen) atoms. The molecule has 0 spiro atoms. The van der Waals surface area contributed by atoms with E-state index in [0.29, 0.717) is 24.9 Å². The fraction of sp³-hybridized carbons (Fsp3) is 0.385. The number of para-hydroxylation sites is 1. The molecule has 0 aliphatic carbocycles. The van der Waals surface area contributed by atoms with Crippen LogP contribution in [0.1, 0.15) is 30.9 Å². The molecule has 2 aromatic carbocycles. The lowest BCUT2D eigenvalue weighted by molar-refractivity contribution is -0.156. The third-order valence-corrected chi connectivity index (χ3v) is 6.19. The number of hydrogen-bond donors (Lipinski definition) is 4. The smallest absolute Gasteiger partial charge is 0.324 e. The number of nitrogens with zero attached hydrogens (tertiary/aromatic N) is 1. The Labute approximate surface area is 209 Å². The van der Waals surface area contributed by atoms with Crippen molar-refractivity contribution in [1.82, 2.24) is 5.32 Å². The number of rotatable bonds is 11. The number of carbonyl (C=O) groups excluding carboxylic acids is 2. The lowest BCUT2D eigenvalue weighted by Gasteiger charge is -2.28. The minimum absolute atomic E-state index is 0.271. The van der Waals surface area contributed by atoms with E-state index in [2.05, 4.69) is 5.32 Å². The first-order valence-corrected chi connectivity index (χ1v) is 11.8. The van der Waals surface area contributed by atoms with E-state index in [1.165, 1.54) is 11.8 Å². The lowest BCUT2D eigenvalue weighted by Crippen LogP contribution is -2.54. The van der Waals surface area contributed by atoms with E-state index in [0.717, 1.165) is 11.1 Å². The van der Waals surface area contributed by atoms with E-state index in [1.54, 1.807) is 12.1 Å². The molecule has 0 aromatic heterocycles. The van der Waals surface area contributed by atoms with Crippen molar-refractivity contribution >= 4 is 29.5 Å². The minimum Gasteiger partial charge on any atom is -0.480 e. The average Bonchev–Trinajstić information content (AvgIpc) is 2.98. The van der Waals surface area contributed by atoms with Gasteiger partial charge in [0.25, 0.3) is 0 Å². The number of esters is 1. The summed E-state index contributed by atoms with van der Waals surface area (Å²) in [6, 6.07) is 13.4. The highest BCUT2D eigenvalue weighted by Gasteiger charge is 2.35. The topological polar surface area (TPSA) is 159 Å². The fourth-order valence-corrected chi connectivity index (χ4v) is 4.18. The summed E-state index contributed by atoms with van der Waals surface area (Å²) in [4.78, 5) is 50.5. The van der Waals surface area contributed by atoms with Crippen molar-refractivity contribution in [2.24, 2.45) is 5.73 Å². The highest BCUT2D eigenvalue weighted by atomic mass is 16.5. The zero-order chi connectivity index (χ0) is 26.2. The Morgan fingerprint density at radius 1 is 1.11 bits per heavy atom. The van der Waals surface area contributed by atoms with Gasteiger partial charge in [0.05, 0.1) is 6.04 Å². The first kappa shape index (κ1) is 26.8. The molecule has 1 unspecified atom stereocenters. The number of carboxylic acids is 2. The van der Waals surface area contributed by atoms with Crippen LogP contribution in [0.5, 0.6) is 0 Å². The summed E-state index contributed by atoms with van der Waals surface area (Å²) >= 11 is 0. The largest absolute Gasteiger partial charge is 0.480 e. The number of carboxylic acid groups (broad SMARTS) is 2. The molecule has 0 saturated heterocycles. The van der Waals surface area contributed by atoms with Gasteiger partial charge < -0.3 is 20.7 Å². The molecular weight excluding hydrogens is 466 g/mol. The minimum atomic E-state index is -1.40. The number of aliphatic carboxylic acids is 2. The van der Waals surface area contributed by atoms with Crippen LogP contribution in [-0.2, 0) is 36.8 Å². The SMILES string of the molecule is C[C@@H](OC(=O)C(CCc1ccccc1)N[C@@H]1CCc2ccccc2N(CC(=O)O)C1=O)[C@H](N)C(=O)O. The second-order valence-electron chi connectivity index (χ2n) is 8.79. The predicted octanol–water partition coefficient (Wildman–Crippen LogP) is 1.35. The van der Waals surface area contributed by atoms with Crippen LogP contribution >= 0.6 is 0 Å². The Balaban J connectivity index is 1.82. The number of fused-ring (bicyclic) bond motifs is 1. The monoisotopic (exact) mass is 497 g/mol. The summed E-state index contributed by atoms with van der Waals surface area (Å²) in [6.45, 7) is 0.880. The van der Waals surface area contributed by atoms with Gasteiger partial charge >= 0.3 is 17.9 Å². The van der Waals surface area contributed by atoms with Gasteiger partial charge in [-0.15, -0.1) is 0 Å². The van der Waals surface area contributed by atoms with Crippen LogP contribution in [0, 0.1) is 0 Å². The Morgan fingerprint density at radius 2 is 1.78 bits per heavy atom. The molecule has 1 amide bonds. The number of benzene rings is 2. The number of carbonyl (C=O) groups is 4. The summed E-state index contributed by atoms with van der Waals surface area (Å²) in [6.07, 6.45) is 0.510. The van der Waals surface area contributed by atoms with Crippen LogP contribution in [0.4, 0.5) is 5.69 Å². The van der Waals surface area contributed by atoms with Gasteiger partial charge in [0.15, 0.2) is 0 Å². The summed E-state index contributed by atoms with van der Waals surface area (Å²) in [7, 11) is 0. The van der Waals surface area contributed by atoms with Crippen LogP contribution in [0.15, 0.2) is 54.6 Å². The van der Waals surface area contributed by atoms with E-state index >= 15 is 0 Å². The number of nitrogens with one attached hydrogen (secondary N) is 1. The van der Waals surface area contributed by atoms with Gasteiger partial charge in [-0.05, 0) is 49.8 Å². The van der Waals surface area contributed by atoms with E-state index in [9.17, 15) is 24.3 Å². The number of nitrogens with two attached hydrogens (primary N) is 1. The van der Waals surface area contributed by atoms with Crippen molar-refractivity contribution in [3.05, 3.63) is 65.7 Å². The Hall–Kier alpha value is -3.76. The molecule has 0 bridgehead atoms. The standard InChI is InChI=1S/C26H31N3O7/c1-16(23(27)25(33)34)36-26(35)20(13-11-17-7-3-2-4-8-17)28-19-14-12-18-9-5-6-10-21(18)29(24(19)32)15-22(30)31/h2-10,16,19-20,23,28H,11-15,27H2,1H3,(H,30,31)(H,33,34)/t16-,19-,20?,23+/m1/s1. The van der Waals surface area contributed by atoms with E-state index in [4.69, 9.17) is 15.6 Å². The molecule has 1 heterocycles. The van der Waals surface area contributed by atoms with Gasteiger partial charge in [0, 0.05) is 5.69 Å². The molecule has 10 nitrogen and oxygen atoms in total. The fourth-order valence-electron chi connectivity index (χ4n) is 4.18. The quantitative estimate of drug-likeness (QED) is 0.336. The number of hydrogen-bond acceptors (Lipinski definition) is 7. The lowest BCUT2D eigenvalue weighted by atomic mass is 10.0. The maximum atomic E-state index is 13.4. The van der Waals surface area contributed by atoms with Crippen LogP contribution < -0.4 is 16.0 Å². The maximum absolute atomic E-state index is 13.4. The van der Waals surface area contributed by atoms with Gasteiger partial charge in [-0.1, -0.05) is 48.5 Å². The molecular formula is C26H31N3O7. The molecule has 3 rings (SSSR count). The number of anilines is 1. The number of aryl methyl sites for hydroxylation is 2. The van der Waals surface area contributed by atoms with Crippen LogP contribution in [0.2, 0.25) is 0 Å². The normalized spacial score (nSPS) is 17.9. The Bertz CT molecular complexity index is 1090. The number of amides is 1. The first-order valence-electron chi connectivity index (χ1n) is 11.8. The van der Waals surface area contributed by atoms with Crippen LogP contribution in [-0.4, -0.2) is 64.8 Å². The molecule has 5 N–H and O–H groups in total. The third kappa shape index (κ3) is 6.89. The van der Waals surface area contributed by atoms with Gasteiger partial charge in [0.1, 0.15) is 24.7 Å². The third-order valence-electron chi connectivity index (χ3n) is 6.19. The number of ether oxygens (including phenoxy) is 1. The van der Waals surface area contributed by atoms with Crippen molar-refractivity contribution in [1.29, 1.82) is 0 Å². The molecule has 1 aliphatic heterocycles.